The fourth-order valence-electron chi connectivity index (χ4n) is 12.7. The topological polar surface area (TPSA) is 198 Å². The number of carbonyl (C=O) groups excluding carboxylic acids is 2. The van der Waals surface area contributed by atoms with E-state index >= 15 is 0 Å². The standard InChI is InChI=1S/C33H35N7O2.C32H34N8O/c1-2-42-29(41)21-38-14-16-39(17-15-38)26-18-25(19-26)33-37-30(31-32(34)35-12-13-40(31)33)24-9-8-23-10-11-27(36-28(23)20-24)22-6-4-3-5-7-22;1-37(2)32(41)39-16-14-38(15-17-39)25-18-24(19-25)31-36-28(29-30(33)34-12-13-40(29)31)23-9-8-22-10-11-26(35-27(22)20-23)21-6-4-3-5-7-21/h3-13,20,25-26H,2,14-19,21H2,1H3,(H2,34,35);3-13,20,24-25H,14-19H2,1-2H3,(H2,33,34). The molecule has 0 radical (unpaired) electrons. The SMILES string of the molecule is CCOC(=O)CN1CCN(C2CC(c3nc(-c4ccc5ccc(-c6ccccc6)nc5c4)c4c(N)nccn34)C2)CC1.CN(C)C(=O)N1CCN(C2CC(c3nc(-c4ccc5ccc(-c6ccccc6)nc5c4)c4c(N)nccn34)C2)CC1. The Labute approximate surface area is 482 Å². The predicted octanol–water partition coefficient (Wildman–Crippen LogP) is 9.36. The van der Waals surface area contributed by atoms with E-state index in [9.17, 15) is 9.59 Å². The van der Waals surface area contributed by atoms with E-state index in [1.165, 1.54) is 0 Å². The highest BCUT2D eigenvalue weighted by atomic mass is 16.5. The number of nitrogens with zero attached hydrogens (tertiary/aromatic N) is 13. The molecule has 6 aromatic heterocycles. The van der Waals surface area contributed by atoms with Gasteiger partial charge in [0.05, 0.1) is 35.6 Å². The molecule has 10 aromatic rings. The molecule has 2 saturated carbocycles. The number of fused-ring (bicyclic) bond motifs is 4. The van der Waals surface area contributed by atoms with Gasteiger partial charge in [0, 0.05) is 148 Å². The molecular weight excluding hydrogens is 1040 g/mol. The summed E-state index contributed by atoms with van der Waals surface area (Å²) in [6.45, 7) is 9.75. The molecule has 0 bridgehead atoms. The normalized spacial score (nSPS) is 19.5. The van der Waals surface area contributed by atoms with Crippen LogP contribution in [0.3, 0.4) is 0 Å². The molecule has 0 atom stereocenters. The smallest absolute Gasteiger partial charge is 0.320 e. The minimum atomic E-state index is -0.135. The monoisotopic (exact) mass is 1110 g/mol. The Morgan fingerprint density at radius 2 is 1.00 bits per heavy atom. The largest absolute Gasteiger partial charge is 0.465 e. The number of rotatable bonds is 11. The van der Waals surface area contributed by atoms with Crippen molar-refractivity contribution in [2.75, 3.05) is 91.1 Å². The van der Waals surface area contributed by atoms with Gasteiger partial charge in [0.2, 0.25) is 0 Å². The van der Waals surface area contributed by atoms with Crippen LogP contribution < -0.4 is 11.5 Å². The molecular formula is C65H69N15O3. The van der Waals surface area contributed by atoms with Gasteiger partial charge in [0.1, 0.15) is 45.7 Å². The summed E-state index contributed by atoms with van der Waals surface area (Å²) in [6, 6.07) is 42.6. The number of urea groups is 1. The second-order valence-corrected chi connectivity index (χ2v) is 22.6. The zero-order chi connectivity index (χ0) is 56.7. The lowest BCUT2D eigenvalue weighted by Crippen LogP contribution is -2.56. The van der Waals surface area contributed by atoms with Gasteiger partial charge < -0.3 is 26.0 Å². The number of nitrogen functional groups attached to an aromatic ring is 2. The molecule has 8 heterocycles. The third-order valence-electron chi connectivity index (χ3n) is 17.3. The van der Waals surface area contributed by atoms with Gasteiger partial charge in [-0.1, -0.05) is 97.1 Å². The van der Waals surface area contributed by atoms with Crippen LogP contribution in [0, 0.1) is 0 Å². The molecule has 2 aliphatic carbocycles. The first-order valence-corrected chi connectivity index (χ1v) is 29.0. The molecule has 83 heavy (non-hydrogen) atoms. The van der Waals surface area contributed by atoms with Crippen LogP contribution in [-0.4, -0.2) is 167 Å². The molecule has 2 aliphatic heterocycles. The van der Waals surface area contributed by atoms with Crippen LogP contribution in [0.4, 0.5) is 16.4 Å². The van der Waals surface area contributed by atoms with E-state index in [0.717, 1.165) is 168 Å². The number of aromatic nitrogens is 8. The molecule has 18 heteroatoms. The Bertz CT molecular complexity index is 3990. The molecule has 0 unspecified atom stereocenters. The van der Waals surface area contributed by atoms with Gasteiger partial charge in [0.15, 0.2) is 0 Å². The number of piperazine rings is 2. The average molecular weight is 1110 g/mol. The number of benzene rings is 4. The Morgan fingerprint density at radius 3 is 1.45 bits per heavy atom. The van der Waals surface area contributed by atoms with Crippen LogP contribution in [0.25, 0.3) is 77.9 Å². The molecule has 422 valence electrons. The Morgan fingerprint density at radius 1 is 0.554 bits per heavy atom. The van der Waals surface area contributed by atoms with Gasteiger partial charge in [-0.3, -0.25) is 28.3 Å². The van der Waals surface area contributed by atoms with Crippen LogP contribution >= 0.6 is 0 Å². The van der Waals surface area contributed by atoms with Crippen LogP contribution in [0.5, 0.6) is 0 Å². The van der Waals surface area contributed by atoms with E-state index in [-0.39, 0.29) is 12.0 Å². The maximum absolute atomic E-state index is 12.3. The van der Waals surface area contributed by atoms with Crippen LogP contribution in [-0.2, 0) is 9.53 Å². The van der Waals surface area contributed by atoms with Crippen molar-refractivity contribution < 1.29 is 14.3 Å². The Balaban J connectivity index is 0.000000155. The quantitative estimate of drug-likeness (QED) is 0.116. The number of ether oxygens (including phenoxy) is 1. The summed E-state index contributed by atoms with van der Waals surface area (Å²) in [7, 11) is 3.63. The van der Waals surface area contributed by atoms with Gasteiger partial charge in [-0.15, -0.1) is 0 Å². The molecule has 14 rings (SSSR count). The third-order valence-corrected chi connectivity index (χ3v) is 17.3. The highest BCUT2D eigenvalue weighted by molar-refractivity contribution is 5.93. The minimum Gasteiger partial charge on any atom is -0.465 e. The van der Waals surface area contributed by atoms with Crippen molar-refractivity contribution in [3.8, 4) is 45.0 Å². The zero-order valence-corrected chi connectivity index (χ0v) is 47.3. The molecule has 2 saturated heterocycles. The lowest BCUT2D eigenvalue weighted by atomic mass is 9.78. The second-order valence-electron chi connectivity index (χ2n) is 22.6. The van der Waals surface area contributed by atoms with E-state index < -0.39 is 0 Å². The van der Waals surface area contributed by atoms with Gasteiger partial charge in [-0.2, -0.15) is 0 Å². The maximum atomic E-state index is 12.3. The summed E-state index contributed by atoms with van der Waals surface area (Å²) >= 11 is 0. The number of hydrogen-bond donors (Lipinski definition) is 2. The van der Waals surface area contributed by atoms with E-state index in [1.807, 2.05) is 74.7 Å². The zero-order valence-electron chi connectivity index (χ0n) is 47.3. The number of anilines is 2. The Kier molecular flexibility index (Phi) is 14.7. The van der Waals surface area contributed by atoms with Crippen molar-refractivity contribution in [3.63, 3.8) is 0 Å². The van der Waals surface area contributed by atoms with Crippen LogP contribution in [0.2, 0.25) is 0 Å². The summed E-state index contributed by atoms with van der Waals surface area (Å²) in [4.78, 5) is 64.2. The molecule has 4 aromatic carbocycles. The van der Waals surface area contributed by atoms with E-state index in [2.05, 4.69) is 118 Å². The summed E-state index contributed by atoms with van der Waals surface area (Å²) in [6.07, 6.45) is 11.7. The number of amides is 2. The molecule has 18 nitrogen and oxygen atoms in total. The first-order chi connectivity index (χ1) is 40.5. The molecule has 4 N–H and O–H groups in total. The van der Waals surface area contributed by atoms with Crippen molar-refractivity contribution >= 4 is 56.5 Å². The van der Waals surface area contributed by atoms with Gasteiger partial charge >= 0.3 is 12.0 Å². The van der Waals surface area contributed by atoms with E-state index in [1.54, 1.807) is 17.3 Å². The van der Waals surface area contributed by atoms with Crippen molar-refractivity contribution in [3.05, 3.63) is 158 Å². The highest BCUT2D eigenvalue weighted by Crippen LogP contribution is 2.44. The third kappa shape index (κ3) is 10.7. The molecule has 2 amide bonds. The molecule has 4 aliphatic rings. The summed E-state index contributed by atoms with van der Waals surface area (Å²) in [5, 5.41) is 2.16. The number of hydrogen-bond acceptors (Lipinski definition) is 14. The fourth-order valence-corrected chi connectivity index (χ4v) is 12.7. The number of pyridine rings is 2. The predicted molar refractivity (Wildman–Crippen MR) is 326 cm³/mol. The van der Waals surface area contributed by atoms with Gasteiger partial charge in [0.25, 0.3) is 0 Å². The van der Waals surface area contributed by atoms with E-state index in [0.29, 0.717) is 48.7 Å². The number of esters is 1. The molecule has 0 spiro atoms. The first-order valence-electron chi connectivity index (χ1n) is 29.0. The van der Waals surface area contributed by atoms with Crippen molar-refractivity contribution in [1.29, 1.82) is 0 Å². The molecule has 4 fully saturated rings. The number of imidazole rings is 2. The fraction of sp³-hybridized carbons (Fsp3) is 0.323. The summed E-state index contributed by atoms with van der Waals surface area (Å²) in [5.41, 5.74) is 24.2. The van der Waals surface area contributed by atoms with Crippen LogP contribution in [0.15, 0.2) is 146 Å². The summed E-state index contributed by atoms with van der Waals surface area (Å²) in [5.74, 6) is 3.58. The lowest BCUT2D eigenvalue weighted by Gasteiger charge is -2.46. The number of nitrogens with two attached hydrogens (primary N) is 2. The lowest BCUT2D eigenvalue weighted by molar-refractivity contribution is -0.145. The Hall–Kier alpha value is -8.84. The van der Waals surface area contributed by atoms with Gasteiger partial charge in [-0.05, 0) is 56.9 Å². The minimum absolute atomic E-state index is 0.0962. The van der Waals surface area contributed by atoms with Crippen molar-refractivity contribution in [1.82, 2.24) is 63.2 Å². The number of carbonyl (C=O) groups is 2. The second kappa shape index (κ2) is 22.8. The van der Waals surface area contributed by atoms with Crippen LogP contribution in [0.1, 0.15) is 56.1 Å². The van der Waals surface area contributed by atoms with Crippen molar-refractivity contribution in [2.24, 2.45) is 0 Å². The average Bonchev–Trinajstić information content (AvgIpc) is 3.65. The summed E-state index contributed by atoms with van der Waals surface area (Å²) < 4.78 is 9.38. The van der Waals surface area contributed by atoms with E-state index in [4.69, 9.17) is 36.1 Å². The first kappa shape index (κ1) is 53.5. The van der Waals surface area contributed by atoms with Gasteiger partial charge in [-0.25, -0.2) is 34.7 Å². The highest BCUT2D eigenvalue weighted by Gasteiger charge is 2.40. The maximum Gasteiger partial charge on any atom is 0.320 e. The van der Waals surface area contributed by atoms with Crippen molar-refractivity contribution in [2.45, 2.75) is 56.5 Å².